The van der Waals surface area contributed by atoms with Crippen molar-refractivity contribution >= 4 is 31.1 Å². The molecule has 3 amide bonds. The van der Waals surface area contributed by atoms with E-state index >= 15 is 0 Å². The van der Waals surface area contributed by atoms with Crippen molar-refractivity contribution in [3.8, 4) is 5.75 Å². The summed E-state index contributed by atoms with van der Waals surface area (Å²) in [6.45, 7) is 1.73. The van der Waals surface area contributed by atoms with Gasteiger partial charge in [0.25, 0.3) is 0 Å². The van der Waals surface area contributed by atoms with E-state index in [1.807, 2.05) is 19.1 Å². The van der Waals surface area contributed by atoms with Crippen LogP contribution >= 0.6 is 0 Å². The quantitative estimate of drug-likeness (QED) is 0.319. The zero-order valence-corrected chi connectivity index (χ0v) is 19.8. The summed E-state index contributed by atoms with van der Waals surface area (Å²) in [5, 5.41) is 30.4. The number of carbonyl (C=O) groups excluding carboxylic acids is 3. The minimum atomic E-state index is -1.14. The molecule has 10 heteroatoms. The van der Waals surface area contributed by atoms with Gasteiger partial charge in [0.15, 0.2) is 0 Å². The molecule has 1 aromatic rings. The van der Waals surface area contributed by atoms with E-state index in [1.165, 1.54) is 0 Å². The van der Waals surface area contributed by atoms with Crippen LogP contribution in [0.3, 0.4) is 0 Å². The van der Waals surface area contributed by atoms with Gasteiger partial charge in [-0.2, -0.15) is 4.90 Å². The lowest BCUT2D eigenvalue weighted by molar-refractivity contribution is -0.137. The Kier molecular flexibility index (Phi) is 7.44. The van der Waals surface area contributed by atoms with Gasteiger partial charge in [0.05, 0.1) is 31.7 Å². The first-order valence-corrected chi connectivity index (χ1v) is 11.9. The normalized spacial score (nSPS) is 26.7. The van der Waals surface area contributed by atoms with Gasteiger partial charge in [0.2, 0.25) is 11.8 Å². The first kappa shape index (κ1) is 25.2. The van der Waals surface area contributed by atoms with Crippen LogP contribution in [0.15, 0.2) is 41.0 Å². The van der Waals surface area contributed by atoms with Gasteiger partial charge in [0, 0.05) is 0 Å². The molecule has 2 aliphatic heterocycles. The molecule has 35 heavy (non-hydrogen) atoms. The van der Waals surface area contributed by atoms with E-state index in [0.717, 1.165) is 30.2 Å². The Morgan fingerprint density at radius 2 is 2.06 bits per heavy atom. The Morgan fingerprint density at radius 3 is 2.71 bits per heavy atom. The van der Waals surface area contributed by atoms with Gasteiger partial charge in [-0.05, 0) is 66.8 Å². The number of methoxy groups -OCH3 is 1. The summed E-state index contributed by atoms with van der Waals surface area (Å²) in [4.78, 5) is 38.7. The van der Waals surface area contributed by atoms with E-state index in [2.05, 4.69) is 4.74 Å². The van der Waals surface area contributed by atoms with Crippen molar-refractivity contribution in [1.82, 2.24) is 4.90 Å². The first-order chi connectivity index (χ1) is 16.8. The number of hydrogen-bond donors (Lipinski definition) is 3. The fourth-order valence-electron chi connectivity index (χ4n) is 5.70. The second-order valence-corrected chi connectivity index (χ2v) is 9.25. The van der Waals surface area contributed by atoms with Gasteiger partial charge >= 0.3 is 13.2 Å². The van der Waals surface area contributed by atoms with Crippen LogP contribution in [0.25, 0.3) is 6.08 Å². The lowest BCUT2D eigenvalue weighted by atomic mass is 9.58. The number of aromatic hydroxyl groups is 1. The van der Waals surface area contributed by atoms with Crippen molar-refractivity contribution in [2.75, 3.05) is 13.7 Å². The average molecular weight is 483 g/mol. The number of carbonyl (C=O) groups is 3. The van der Waals surface area contributed by atoms with E-state index in [1.54, 1.807) is 18.2 Å². The molecular weight excluding hydrogens is 453 g/mol. The maximum absolute atomic E-state index is 13.1. The number of rotatable bonds is 6. The van der Waals surface area contributed by atoms with Crippen molar-refractivity contribution < 1.29 is 39.0 Å². The predicted octanol–water partition coefficient (Wildman–Crippen LogP) is 2.52. The molecule has 2 fully saturated rings. The molecule has 4 atom stereocenters. The number of aliphatic hydroxyl groups is 1. The smallest absolute Gasteiger partial charge is 0.455 e. The van der Waals surface area contributed by atoms with E-state index < -0.39 is 48.9 Å². The lowest BCUT2D eigenvalue weighted by Crippen LogP contribution is -2.46. The molecule has 2 heterocycles. The summed E-state index contributed by atoms with van der Waals surface area (Å²) >= 11 is 0. The van der Waals surface area contributed by atoms with Crippen LogP contribution in [0.4, 0.5) is 4.79 Å². The molecule has 9 nitrogen and oxygen atoms in total. The Balaban J connectivity index is 1.61. The third kappa shape index (κ3) is 4.78. The molecule has 186 valence electrons. The summed E-state index contributed by atoms with van der Waals surface area (Å²) < 4.78 is 10.5. The van der Waals surface area contributed by atoms with E-state index in [-0.39, 0.29) is 25.1 Å². The number of amides is 3. The number of phenols is 1. The second kappa shape index (κ2) is 10.4. The van der Waals surface area contributed by atoms with Gasteiger partial charge in [0.1, 0.15) is 5.75 Å². The van der Waals surface area contributed by atoms with Crippen molar-refractivity contribution in [2.24, 2.45) is 17.8 Å². The Hall–Kier alpha value is -2.95. The van der Waals surface area contributed by atoms with Gasteiger partial charge in [-0.25, -0.2) is 4.79 Å². The van der Waals surface area contributed by atoms with Gasteiger partial charge in [-0.1, -0.05) is 30.7 Å². The molecular formula is C25H30BNO8. The fraction of sp³-hybridized carbons (Fsp3) is 0.480. The molecule has 0 saturated carbocycles. The SMILES string of the molecule is CC/C(=C\c1cccc(O)c1)CC[C@H]1OB(O)C[C@H]2C1=C(CO)C[C@H]1C(=O)N(C(=O)OC)C(=O)[C@H]12. The Bertz CT molecular complexity index is 1080. The number of hydrogen-bond acceptors (Lipinski definition) is 8. The van der Waals surface area contributed by atoms with E-state index in [0.29, 0.717) is 23.3 Å². The van der Waals surface area contributed by atoms with Crippen LogP contribution in [0.5, 0.6) is 5.75 Å². The van der Waals surface area contributed by atoms with E-state index in [9.17, 15) is 29.6 Å². The molecule has 3 N–H and O–H groups in total. The van der Waals surface area contributed by atoms with Crippen molar-refractivity contribution in [3.63, 3.8) is 0 Å². The summed E-state index contributed by atoms with van der Waals surface area (Å²) in [5.41, 5.74) is 3.36. The summed E-state index contributed by atoms with van der Waals surface area (Å²) in [6.07, 6.45) is 2.61. The fourth-order valence-corrected chi connectivity index (χ4v) is 5.70. The lowest BCUT2D eigenvalue weighted by Gasteiger charge is -2.42. The summed E-state index contributed by atoms with van der Waals surface area (Å²) in [6, 6.07) is 6.95. The first-order valence-electron chi connectivity index (χ1n) is 11.9. The molecule has 0 radical (unpaired) electrons. The number of aliphatic hydroxyl groups excluding tert-OH is 1. The molecule has 4 rings (SSSR count). The van der Waals surface area contributed by atoms with Gasteiger partial charge in [-0.3, -0.25) is 9.59 Å². The standard InChI is InChI=1S/C25H30BNO8/c1-3-14(9-15-5-4-6-17(29)10-15)7-8-20-21-16(13-28)11-18-22(19(21)12-26(33)35-20)24(31)27(23(18)30)25(32)34-2/h4-6,9-10,18-20,22,28-29,33H,3,7-8,11-13H2,1-2H3/b14-9+/t18-,19+,20-,22-/m1/s1. The highest BCUT2D eigenvalue weighted by Crippen LogP contribution is 2.50. The maximum atomic E-state index is 13.1. The molecule has 0 spiro atoms. The molecule has 0 unspecified atom stereocenters. The average Bonchev–Trinajstić information content (AvgIpc) is 3.09. The molecule has 2 saturated heterocycles. The van der Waals surface area contributed by atoms with Gasteiger partial charge < -0.3 is 24.6 Å². The second-order valence-electron chi connectivity index (χ2n) is 9.25. The van der Waals surface area contributed by atoms with E-state index in [4.69, 9.17) is 4.65 Å². The molecule has 0 aromatic heterocycles. The van der Waals surface area contributed by atoms with Crippen LogP contribution in [-0.4, -0.2) is 65.0 Å². The minimum Gasteiger partial charge on any atom is -0.508 e. The molecule has 3 aliphatic rings. The van der Waals surface area contributed by atoms with Crippen molar-refractivity contribution in [1.29, 1.82) is 0 Å². The zero-order valence-electron chi connectivity index (χ0n) is 19.8. The molecule has 0 bridgehead atoms. The highest BCUT2D eigenvalue weighted by molar-refractivity contribution is 6.43. The van der Waals surface area contributed by atoms with Crippen LogP contribution in [-0.2, 0) is 19.0 Å². The van der Waals surface area contributed by atoms with Crippen LogP contribution in [0.2, 0.25) is 6.32 Å². The van der Waals surface area contributed by atoms with Crippen molar-refractivity contribution in [2.45, 2.75) is 45.0 Å². The topological polar surface area (TPSA) is 134 Å². The summed E-state index contributed by atoms with van der Waals surface area (Å²) in [5.74, 6) is -3.17. The number of imide groups is 3. The number of phenolic OH excluding ortho intramolecular Hbond substituents is 1. The molecule has 1 aliphatic carbocycles. The van der Waals surface area contributed by atoms with Crippen molar-refractivity contribution in [3.05, 3.63) is 46.5 Å². The number of benzene rings is 1. The van der Waals surface area contributed by atoms with Crippen LogP contribution in [0.1, 0.15) is 38.2 Å². The Morgan fingerprint density at radius 1 is 1.29 bits per heavy atom. The highest BCUT2D eigenvalue weighted by Gasteiger charge is 2.59. The maximum Gasteiger partial charge on any atom is 0.455 e. The third-order valence-corrected chi connectivity index (χ3v) is 7.28. The number of fused-ring (bicyclic) bond motifs is 3. The number of nitrogens with zero attached hydrogens (tertiary/aromatic N) is 1. The Labute approximate surface area is 204 Å². The number of likely N-dealkylation sites (tertiary alicyclic amines) is 1. The van der Waals surface area contributed by atoms with Crippen LogP contribution in [0, 0.1) is 17.8 Å². The van der Waals surface area contributed by atoms with Gasteiger partial charge in [-0.15, -0.1) is 0 Å². The minimum absolute atomic E-state index is 0.101. The number of ether oxygens (including phenoxy) is 1. The van der Waals surface area contributed by atoms with Crippen LogP contribution < -0.4 is 0 Å². The highest BCUT2D eigenvalue weighted by atomic mass is 16.5. The number of allylic oxidation sites excluding steroid dienone is 1. The molecule has 1 aromatic carbocycles. The monoisotopic (exact) mass is 483 g/mol. The third-order valence-electron chi connectivity index (χ3n) is 7.28. The predicted molar refractivity (Wildman–Crippen MR) is 127 cm³/mol. The zero-order chi connectivity index (χ0) is 25.3. The summed E-state index contributed by atoms with van der Waals surface area (Å²) in [7, 11) is -0.0277. The largest absolute Gasteiger partial charge is 0.508 e.